The minimum Gasteiger partial charge on any atom is -0.481 e. The summed E-state index contributed by atoms with van der Waals surface area (Å²) in [7, 11) is 0. The van der Waals surface area contributed by atoms with Crippen LogP contribution in [0.3, 0.4) is 0 Å². The van der Waals surface area contributed by atoms with Crippen molar-refractivity contribution in [3.05, 3.63) is 23.3 Å². The number of Topliss-reactive ketones (excluding diaryl/α,β-unsaturated/α-hetero) is 1. The summed E-state index contributed by atoms with van der Waals surface area (Å²) < 4.78 is 0. The Morgan fingerprint density at radius 2 is 1.81 bits per heavy atom. The first-order chi connectivity index (χ1) is 12.5. The Labute approximate surface area is 160 Å². The average molecular weight is 374 g/mol. The van der Waals surface area contributed by atoms with Crippen molar-refractivity contribution in [3.8, 4) is 0 Å². The number of aliphatic carboxylic acids is 1. The van der Waals surface area contributed by atoms with Crippen molar-refractivity contribution >= 4 is 18.0 Å². The molecule has 3 aliphatic rings. The molecule has 148 valence electrons. The maximum absolute atomic E-state index is 13.0. The van der Waals surface area contributed by atoms with Crippen LogP contribution in [0.2, 0.25) is 0 Å². The maximum Gasteiger partial charge on any atom is 0.312 e. The Kier molecular flexibility index (Phi) is 4.74. The number of ketones is 1. The second-order valence-electron chi connectivity index (χ2n) is 9.39. The van der Waals surface area contributed by atoms with E-state index in [4.69, 9.17) is 0 Å². The smallest absolute Gasteiger partial charge is 0.312 e. The molecule has 0 aliphatic heterocycles. The van der Waals surface area contributed by atoms with E-state index in [1.807, 2.05) is 6.92 Å². The third kappa shape index (κ3) is 2.58. The van der Waals surface area contributed by atoms with Gasteiger partial charge in [-0.15, -0.1) is 0 Å². The molecule has 5 heteroatoms. The number of hydrogen-bond donors (Lipinski definition) is 2. The van der Waals surface area contributed by atoms with Gasteiger partial charge in [-0.1, -0.05) is 19.9 Å². The quantitative estimate of drug-likeness (QED) is 0.584. The summed E-state index contributed by atoms with van der Waals surface area (Å²) in [6.07, 6.45) is 5.95. The lowest BCUT2D eigenvalue weighted by atomic mass is 9.43. The molecular weight excluding hydrogens is 344 g/mol. The topological polar surface area (TPSA) is 91.7 Å². The summed E-state index contributed by atoms with van der Waals surface area (Å²) in [6.45, 7) is 7.80. The minimum atomic E-state index is -1.18. The highest BCUT2D eigenvalue weighted by molar-refractivity contribution is 6.01. The molecule has 0 bridgehead atoms. The van der Waals surface area contributed by atoms with Gasteiger partial charge in [-0.25, -0.2) is 0 Å². The maximum atomic E-state index is 13.0. The summed E-state index contributed by atoms with van der Waals surface area (Å²) in [5.41, 5.74) is -0.187. The number of aldehydes is 1. The zero-order valence-electron chi connectivity index (χ0n) is 16.6. The van der Waals surface area contributed by atoms with Crippen molar-refractivity contribution in [3.63, 3.8) is 0 Å². The number of carbonyl (C=O) groups excluding carboxylic acids is 2. The molecule has 27 heavy (non-hydrogen) atoms. The molecule has 0 amide bonds. The highest BCUT2D eigenvalue weighted by Gasteiger charge is 2.67. The number of aliphatic hydroxyl groups excluding tert-OH is 1. The molecule has 0 spiro atoms. The molecule has 5 nitrogen and oxygen atoms in total. The fraction of sp³-hybridized carbons (Fsp3) is 0.682. The van der Waals surface area contributed by atoms with Gasteiger partial charge in [-0.3, -0.25) is 14.4 Å². The molecule has 0 aromatic rings. The molecule has 0 saturated heterocycles. The number of hydrogen-bond acceptors (Lipinski definition) is 4. The molecule has 0 aromatic carbocycles. The van der Waals surface area contributed by atoms with Crippen LogP contribution in [-0.4, -0.2) is 34.4 Å². The summed E-state index contributed by atoms with van der Waals surface area (Å²) in [4.78, 5) is 35.8. The first kappa shape index (κ1) is 20.0. The lowest BCUT2D eigenvalue weighted by Gasteiger charge is -2.61. The summed E-state index contributed by atoms with van der Waals surface area (Å²) in [5.74, 6) is -0.945. The van der Waals surface area contributed by atoms with Gasteiger partial charge >= 0.3 is 5.97 Å². The molecule has 0 heterocycles. The van der Waals surface area contributed by atoms with E-state index in [1.165, 1.54) is 6.08 Å². The van der Waals surface area contributed by atoms with E-state index in [0.717, 1.165) is 24.0 Å². The highest BCUT2D eigenvalue weighted by Crippen LogP contribution is 2.69. The lowest BCUT2D eigenvalue weighted by Crippen LogP contribution is -2.61. The van der Waals surface area contributed by atoms with Gasteiger partial charge < -0.3 is 10.2 Å². The van der Waals surface area contributed by atoms with Gasteiger partial charge in [-0.2, -0.15) is 0 Å². The Bertz CT molecular complexity index is 750. The zero-order valence-corrected chi connectivity index (χ0v) is 16.6. The molecule has 2 N–H and O–H groups in total. The molecule has 3 rings (SSSR count). The normalized spacial score (nSPS) is 46.1. The molecule has 3 fully saturated rings. The fourth-order valence-electron chi connectivity index (χ4n) is 6.82. The van der Waals surface area contributed by atoms with Gasteiger partial charge in [-0.05, 0) is 68.4 Å². The summed E-state index contributed by atoms with van der Waals surface area (Å²) >= 11 is 0. The number of allylic oxidation sites excluding steroid dienone is 4. The third-order valence-corrected chi connectivity index (χ3v) is 8.21. The molecule has 0 aromatic heterocycles. The van der Waals surface area contributed by atoms with E-state index in [1.54, 1.807) is 13.0 Å². The predicted molar refractivity (Wildman–Crippen MR) is 101 cm³/mol. The first-order valence-electron chi connectivity index (χ1n) is 9.81. The molecule has 3 unspecified atom stereocenters. The number of rotatable bonds is 3. The minimum absolute atomic E-state index is 0.0528. The van der Waals surface area contributed by atoms with Crippen LogP contribution in [0, 0.1) is 28.1 Å². The van der Waals surface area contributed by atoms with Gasteiger partial charge in [0.1, 0.15) is 6.29 Å². The van der Waals surface area contributed by atoms with Crippen molar-refractivity contribution in [2.24, 2.45) is 28.1 Å². The standard InChI is InChI=1S/C22H30O5/c1-13(6-5-11-23)18-14(24)12-16-20(2)10-8-17(25)22(4,19(26)27)15(20)7-9-21(16,18)3/h5-6,11,15-17,25H,7-10,12H2,1-4H3,(H,26,27)/b6-5+,18-13-/t15?,16-,17?,20-,21?,22+/m0/s1. The second-order valence-corrected chi connectivity index (χ2v) is 9.39. The van der Waals surface area contributed by atoms with Gasteiger partial charge in [0.15, 0.2) is 5.78 Å². The third-order valence-electron chi connectivity index (χ3n) is 8.21. The van der Waals surface area contributed by atoms with Gasteiger partial charge in [0.2, 0.25) is 0 Å². The van der Waals surface area contributed by atoms with Gasteiger partial charge in [0.05, 0.1) is 11.5 Å². The second kappa shape index (κ2) is 6.40. The van der Waals surface area contributed by atoms with Crippen LogP contribution in [0.5, 0.6) is 0 Å². The number of aliphatic hydroxyl groups is 1. The van der Waals surface area contributed by atoms with Gasteiger partial charge in [0, 0.05) is 17.4 Å². The van der Waals surface area contributed by atoms with Crippen LogP contribution >= 0.6 is 0 Å². The van der Waals surface area contributed by atoms with E-state index in [0.29, 0.717) is 25.5 Å². The van der Waals surface area contributed by atoms with Gasteiger partial charge in [0.25, 0.3) is 0 Å². The van der Waals surface area contributed by atoms with Crippen molar-refractivity contribution in [1.29, 1.82) is 0 Å². The number of fused-ring (bicyclic) bond motifs is 3. The van der Waals surface area contributed by atoms with Crippen LogP contribution in [-0.2, 0) is 14.4 Å². The van der Waals surface area contributed by atoms with E-state index in [-0.39, 0.29) is 28.4 Å². The SMILES string of the molecule is CC(/C=C/C=O)=C1\C(=O)C[C@@H]2C1(C)CCC1[C@@](C)(C(=O)O)C(O)CC[C@@]12C. The summed E-state index contributed by atoms with van der Waals surface area (Å²) in [5, 5.41) is 20.5. The molecule has 3 saturated carbocycles. The Morgan fingerprint density at radius 1 is 1.15 bits per heavy atom. The predicted octanol–water partition coefficient (Wildman–Crippen LogP) is 3.32. The monoisotopic (exact) mass is 374 g/mol. The molecule has 0 radical (unpaired) electrons. The highest BCUT2D eigenvalue weighted by atomic mass is 16.4. The van der Waals surface area contributed by atoms with E-state index in [9.17, 15) is 24.6 Å². The first-order valence-corrected chi connectivity index (χ1v) is 9.81. The van der Waals surface area contributed by atoms with Crippen molar-refractivity contribution in [2.75, 3.05) is 0 Å². The average Bonchev–Trinajstić information content (AvgIpc) is 2.88. The van der Waals surface area contributed by atoms with Crippen LogP contribution in [0.4, 0.5) is 0 Å². The molecular formula is C22H30O5. The van der Waals surface area contributed by atoms with Crippen LogP contribution in [0.1, 0.15) is 59.8 Å². The fourth-order valence-corrected chi connectivity index (χ4v) is 6.82. The Balaban J connectivity index is 2.10. The molecule has 3 aliphatic carbocycles. The molecule has 6 atom stereocenters. The Morgan fingerprint density at radius 3 is 2.41 bits per heavy atom. The number of carbonyl (C=O) groups is 3. The van der Waals surface area contributed by atoms with Crippen LogP contribution < -0.4 is 0 Å². The van der Waals surface area contributed by atoms with Crippen molar-refractivity contribution in [1.82, 2.24) is 0 Å². The van der Waals surface area contributed by atoms with Crippen LogP contribution in [0.15, 0.2) is 23.3 Å². The lowest BCUT2D eigenvalue weighted by molar-refractivity contribution is -0.194. The van der Waals surface area contributed by atoms with Crippen molar-refractivity contribution < 1.29 is 24.6 Å². The Hall–Kier alpha value is -1.75. The largest absolute Gasteiger partial charge is 0.481 e. The van der Waals surface area contributed by atoms with E-state index < -0.39 is 17.5 Å². The van der Waals surface area contributed by atoms with Crippen molar-refractivity contribution in [2.45, 2.75) is 65.9 Å². The number of carboxylic acid groups (broad SMARTS) is 1. The summed E-state index contributed by atoms with van der Waals surface area (Å²) in [6, 6.07) is 0. The zero-order chi connectivity index (χ0) is 20.2. The number of carboxylic acids is 1. The van der Waals surface area contributed by atoms with E-state index in [2.05, 4.69) is 13.8 Å². The van der Waals surface area contributed by atoms with Crippen LogP contribution in [0.25, 0.3) is 0 Å². The van der Waals surface area contributed by atoms with E-state index >= 15 is 0 Å².